The van der Waals surface area contributed by atoms with Crippen LogP contribution in [0.1, 0.15) is 51.9 Å². The van der Waals surface area contributed by atoms with E-state index in [4.69, 9.17) is 44.6 Å². The van der Waals surface area contributed by atoms with Crippen LogP contribution < -0.4 is 0 Å². The predicted octanol–water partition coefficient (Wildman–Crippen LogP) is 4.13. The van der Waals surface area contributed by atoms with E-state index in [0.29, 0.717) is 24.7 Å². The van der Waals surface area contributed by atoms with Gasteiger partial charge in [-0.25, -0.2) is 0 Å². The lowest BCUT2D eigenvalue weighted by Gasteiger charge is -2.37. The Labute approximate surface area is 217 Å². The Hall–Kier alpha value is 0.251. The smallest absolute Gasteiger partial charge is 0.377 e. The highest BCUT2D eigenvalue weighted by atomic mass is 28.4. The van der Waals surface area contributed by atoms with E-state index in [9.17, 15) is 0 Å². The third-order valence-corrected chi connectivity index (χ3v) is 15.3. The molecular weight excluding hydrogens is 508 g/mol. The zero-order chi connectivity index (χ0) is 26.8. The topological polar surface area (TPSA) is 92.3 Å². The van der Waals surface area contributed by atoms with Crippen LogP contribution >= 0.6 is 0 Å². The van der Waals surface area contributed by atoms with Crippen LogP contribution in [0.5, 0.6) is 0 Å². The molecule has 0 aliphatic heterocycles. The molecule has 0 aromatic rings. The summed E-state index contributed by atoms with van der Waals surface area (Å²) < 4.78 is 57.3. The van der Waals surface area contributed by atoms with Crippen LogP contribution in [0.4, 0.5) is 0 Å². The Balaban J connectivity index is 5.66. The van der Waals surface area contributed by atoms with Crippen molar-refractivity contribution in [1.82, 2.24) is 0 Å². The van der Waals surface area contributed by atoms with Gasteiger partial charge in [-0.3, -0.25) is 0 Å². The molecule has 13 heteroatoms. The Morgan fingerprint density at radius 1 is 0.457 bits per heavy atom. The molecule has 0 fully saturated rings. The van der Waals surface area contributed by atoms with Gasteiger partial charge in [0, 0.05) is 88.7 Å². The van der Waals surface area contributed by atoms with E-state index in [1.165, 1.54) is 0 Å². The summed E-state index contributed by atoms with van der Waals surface area (Å²) in [6.45, 7) is 2.81. The van der Waals surface area contributed by atoms with Crippen molar-refractivity contribution < 1.29 is 44.6 Å². The van der Waals surface area contributed by atoms with E-state index in [1.807, 2.05) is 0 Å². The first-order valence-corrected chi connectivity index (χ1v) is 18.1. The highest BCUT2D eigenvalue weighted by molar-refractivity contribution is 6.61. The van der Waals surface area contributed by atoms with E-state index < -0.39 is 26.4 Å². The average Bonchev–Trinajstić information content (AvgIpc) is 2.91. The van der Waals surface area contributed by atoms with Gasteiger partial charge in [0.2, 0.25) is 0 Å². The monoisotopic (exact) mass is 560 g/mol. The summed E-state index contributed by atoms with van der Waals surface area (Å²) in [5.74, 6) is 0. The lowest BCUT2D eigenvalue weighted by Crippen LogP contribution is -2.45. The van der Waals surface area contributed by atoms with Gasteiger partial charge in [0.05, 0.1) is 5.60 Å². The number of ether oxygens (including phenoxy) is 1. The summed E-state index contributed by atoms with van der Waals surface area (Å²) >= 11 is 0. The first kappa shape index (κ1) is 35.3. The molecule has 0 saturated heterocycles. The second kappa shape index (κ2) is 18.5. The van der Waals surface area contributed by atoms with E-state index >= 15 is 0 Å². The first-order chi connectivity index (χ1) is 16.7. The molecular formula is C22H52O10Si3. The number of hydrogen-bond acceptors (Lipinski definition) is 10. The van der Waals surface area contributed by atoms with Crippen molar-refractivity contribution in [3.63, 3.8) is 0 Å². The molecule has 0 aromatic carbocycles. The third-order valence-electron chi connectivity index (χ3n) is 6.76. The average molecular weight is 561 g/mol. The number of rotatable bonds is 24. The minimum absolute atomic E-state index is 0.337. The summed E-state index contributed by atoms with van der Waals surface area (Å²) in [4.78, 5) is 0. The van der Waals surface area contributed by atoms with E-state index in [-0.39, 0.29) is 5.60 Å². The second-order valence-electron chi connectivity index (χ2n) is 8.48. The number of hydrogen-bond donors (Lipinski definition) is 0. The molecule has 10 nitrogen and oxygen atoms in total. The fourth-order valence-electron chi connectivity index (χ4n) is 4.46. The van der Waals surface area contributed by atoms with Gasteiger partial charge in [-0.1, -0.05) is 6.92 Å². The molecule has 0 aromatic heterocycles. The summed E-state index contributed by atoms with van der Waals surface area (Å²) in [6, 6.07) is 2.15. The van der Waals surface area contributed by atoms with E-state index in [2.05, 4.69) is 6.92 Å². The van der Waals surface area contributed by atoms with E-state index in [1.54, 1.807) is 64.0 Å². The highest BCUT2D eigenvalue weighted by Crippen LogP contribution is 2.35. The first-order valence-electron chi connectivity index (χ1n) is 12.3. The lowest BCUT2D eigenvalue weighted by atomic mass is 9.87. The Kier molecular flexibility index (Phi) is 18.6. The van der Waals surface area contributed by atoms with E-state index in [0.717, 1.165) is 44.9 Å². The quantitative estimate of drug-likeness (QED) is 0.160. The molecule has 0 atom stereocenters. The van der Waals surface area contributed by atoms with Crippen molar-refractivity contribution in [2.75, 3.05) is 70.6 Å². The van der Waals surface area contributed by atoms with Crippen LogP contribution in [-0.2, 0) is 44.6 Å². The molecule has 0 spiro atoms. The van der Waals surface area contributed by atoms with Crippen molar-refractivity contribution in [2.45, 2.75) is 75.6 Å². The minimum atomic E-state index is -2.67. The molecule has 0 rings (SSSR count). The molecule has 0 radical (unpaired) electrons. The fraction of sp³-hybridized carbons (Fsp3) is 1.00. The fourth-order valence-corrected chi connectivity index (χ4v) is 9.63. The SMILES string of the molecule is CCCOC(CCC[Si](OC)(OC)OC)(CCC[Si](OC)(OC)OC)CCC[Si](OC)(OC)OC. The van der Waals surface area contributed by atoms with Gasteiger partial charge in [-0.15, -0.1) is 0 Å². The standard InChI is InChI=1S/C22H52O10Si3/c1-11-18-32-22(15-12-19-33(23-2,24-3)25-4,16-13-20-34(26-5,27-6)28-7)17-14-21-35(29-8,30-9)31-10/h11-21H2,1-10H3. The zero-order valence-electron chi connectivity index (χ0n) is 23.9. The summed E-state index contributed by atoms with van der Waals surface area (Å²) in [5, 5.41) is 0. The summed E-state index contributed by atoms with van der Waals surface area (Å²) in [7, 11) is 6.83. The van der Waals surface area contributed by atoms with Crippen molar-refractivity contribution in [3.8, 4) is 0 Å². The lowest BCUT2D eigenvalue weighted by molar-refractivity contribution is -0.0663. The minimum Gasteiger partial charge on any atom is -0.377 e. The largest absolute Gasteiger partial charge is 0.500 e. The maximum atomic E-state index is 6.60. The maximum absolute atomic E-state index is 6.60. The highest BCUT2D eigenvalue weighted by Gasteiger charge is 2.43. The molecule has 35 heavy (non-hydrogen) atoms. The van der Waals surface area contributed by atoms with Gasteiger partial charge in [-0.2, -0.15) is 0 Å². The molecule has 0 heterocycles. The molecule has 0 amide bonds. The van der Waals surface area contributed by atoms with Gasteiger partial charge >= 0.3 is 26.4 Å². The van der Waals surface area contributed by atoms with Gasteiger partial charge in [-0.05, 0) is 44.9 Å². The van der Waals surface area contributed by atoms with Gasteiger partial charge in [0.25, 0.3) is 0 Å². The Morgan fingerprint density at radius 3 is 0.914 bits per heavy atom. The van der Waals surface area contributed by atoms with Crippen LogP contribution in [-0.4, -0.2) is 103 Å². The second-order valence-corrected chi connectivity index (χ2v) is 17.8. The van der Waals surface area contributed by atoms with Crippen molar-refractivity contribution in [3.05, 3.63) is 0 Å². The van der Waals surface area contributed by atoms with Crippen molar-refractivity contribution in [1.29, 1.82) is 0 Å². The molecule has 0 saturated carbocycles. The Bertz CT molecular complexity index is 428. The van der Waals surface area contributed by atoms with Crippen molar-refractivity contribution in [2.24, 2.45) is 0 Å². The van der Waals surface area contributed by atoms with Crippen LogP contribution in [0.2, 0.25) is 18.1 Å². The molecule has 0 aliphatic rings. The summed E-state index contributed by atoms with van der Waals surface area (Å²) in [5.41, 5.74) is -0.337. The molecule has 0 N–H and O–H groups in total. The zero-order valence-corrected chi connectivity index (χ0v) is 26.9. The normalized spacial score (nSPS) is 13.5. The Morgan fingerprint density at radius 2 is 0.714 bits per heavy atom. The van der Waals surface area contributed by atoms with Crippen LogP contribution in [0.3, 0.4) is 0 Å². The van der Waals surface area contributed by atoms with Gasteiger partial charge in [0.15, 0.2) is 0 Å². The van der Waals surface area contributed by atoms with Gasteiger partial charge < -0.3 is 44.6 Å². The third kappa shape index (κ3) is 11.3. The maximum Gasteiger partial charge on any atom is 0.500 e. The molecule has 0 bridgehead atoms. The van der Waals surface area contributed by atoms with Crippen molar-refractivity contribution >= 4 is 26.4 Å². The van der Waals surface area contributed by atoms with Crippen LogP contribution in [0.15, 0.2) is 0 Å². The predicted molar refractivity (Wildman–Crippen MR) is 141 cm³/mol. The molecule has 212 valence electrons. The summed E-state index contributed by atoms with van der Waals surface area (Å²) in [6.07, 6.45) is 6.05. The molecule has 0 aliphatic carbocycles. The van der Waals surface area contributed by atoms with Crippen LogP contribution in [0.25, 0.3) is 0 Å². The molecule has 0 unspecified atom stereocenters. The van der Waals surface area contributed by atoms with Crippen LogP contribution in [0, 0.1) is 0 Å². The van der Waals surface area contributed by atoms with Gasteiger partial charge in [0.1, 0.15) is 0 Å².